The van der Waals surface area contributed by atoms with Gasteiger partial charge in [0.25, 0.3) is 0 Å². The van der Waals surface area contributed by atoms with Gasteiger partial charge < -0.3 is 15.4 Å². The van der Waals surface area contributed by atoms with Crippen molar-refractivity contribution in [2.24, 2.45) is 0 Å². The van der Waals surface area contributed by atoms with E-state index in [1.165, 1.54) is 35.9 Å². The van der Waals surface area contributed by atoms with Crippen LogP contribution in [0.3, 0.4) is 0 Å². The molecule has 0 atom stereocenters. The fourth-order valence-corrected chi connectivity index (χ4v) is 6.72. The van der Waals surface area contributed by atoms with Gasteiger partial charge in [-0.3, -0.25) is 0 Å². The molecule has 236 valence electrons. The van der Waals surface area contributed by atoms with Crippen LogP contribution in [0.15, 0.2) is 70.8 Å². The molecule has 0 saturated carbocycles. The van der Waals surface area contributed by atoms with Crippen molar-refractivity contribution in [3.63, 3.8) is 0 Å². The first-order valence-corrected chi connectivity index (χ1v) is 17.7. The van der Waals surface area contributed by atoms with E-state index in [1.807, 2.05) is 17.5 Å². The van der Waals surface area contributed by atoms with Gasteiger partial charge in [0.15, 0.2) is 9.84 Å². The number of ether oxygens (including phenoxy) is 1. The molecule has 0 bridgehead atoms. The van der Waals surface area contributed by atoms with Crippen LogP contribution in [0, 0.1) is 11.6 Å². The Hall–Kier alpha value is -3.52. The van der Waals surface area contributed by atoms with Crippen LogP contribution < -0.4 is 15.4 Å². The van der Waals surface area contributed by atoms with Crippen molar-refractivity contribution in [2.75, 3.05) is 24.2 Å². The molecule has 13 heteroatoms. The second-order valence-electron chi connectivity index (χ2n) is 10.7. The highest BCUT2D eigenvalue weighted by Crippen LogP contribution is 2.34. The minimum atomic E-state index is -3.06. The van der Waals surface area contributed by atoms with Gasteiger partial charge in [0.2, 0.25) is 0 Å². The van der Waals surface area contributed by atoms with Crippen molar-refractivity contribution in [1.82, 2.24) is 20.3 Å². The average Bonchev–Trinajstić information content (AvgIpc) is 3.47. The molecule has 0 fully saturated rings. The third kappa shape index (κ3) is 8.60. The summed E-state index contributed by atoms with van der Waals surface area (Å²) in [6, 6.07) is 14.8. The lowest BCUT2D eigenvalue weighted by molar-refractivity contribution is 0.303. The van der Waals surface area contributed by atoms with E-state index in [0.717, 1.165) is 22.7 Å². The molecule has 0 aliphatic carbocycles. The number of anilines is 2. The molecule has 0 saturated heterocycles. The number of halogens is 3. The average molecular weight is 717 g/mol. The highest BCUT2D eigenvalue weighted by Gasteiger charge is 2.16. The summed E-state index contributed by atoms with van der Waals surface area (Å²) in [6.07, 6.45) is 2.85. The van der Waals surface area contributed by atoms with Crippen LogP contribution in [-0.4, -0.2) is 47.5 Å². The summed E-state index contributed by atoms with van der Waals surface area (Å²) in [7, 11) is -3.06. The zero-order chi connectivity index (χ0) is 32.0. The molecule has 0 radical (unpaired) electrons. The molecule has 5 aromatic rings. The molecule has 0 spiro atoms. The third-order valence-corrected chi connectivity index (χ3v) is 10.8. The monoisotopic (exact) mass is 715 g/mol. The lowest BCUT2D eigenvalue weighted by Gasteiger charge is -2.13. The molecule has 2 heterocycles. The fraction of sp³-hybridized carbons (Fsp3) is 0.281. The summed E-state index contributed by atoms with van der Waals surface area (Å²) < 4.78 is 59.1. The number of hydrogen-bond donors (Lipinski definition) is 2. The second kappa shape index (κ2) is 14.7. The minimum Gasteiger partial charge on any atom is -0.488 e. The Morgan fingerprint density at radius 2 is 1.89 bits per heavy atom. The second-order valence-corrected chi connectivity index (χ2v) is 15.1. The number of nitrogens with zero attached hydrogens (tertiary/aromatic N) is 3. The number of rotatable bonds is 14. The number of fused-ring (bicyclic) bond motifs is 1. The SMILES string of the molecule is CC(C)S(=O)(=O)CCNCCCc1nc(-c2cc3c(Nc4ccc(OCc5cccc(F)c5)c(Br)c4)ncnc3cc2F)cs1. The van der Waals surface area contributed by atoms with Crippen molar-refractivity contribution in [1.29, 1.82) is 0 Å². The Morgan fingerprint density at radius 1 is 1.04 bits per heavy atom. The molecule has 0 aliphatic rings. The highest BCUT2D eigenvalue weighted by atomic mass is 79.9. The smallest absolute Gasteiger partial charge is 0.153 e. The Morgan fingerprint density at radius 3 is 2.67 bits per heavy atom. The number of nitrogens with one attached hydrogen (secondary N) is 2. The molecule has 5 rings (SSSR count). The van der Waals surface area contributed by atoms with E-state index in [0.29, 0.717) is 57.7 Å². The van der Waals surface area contributed by atoms with Gasteiger partial charge in [-0.15, -0.1) is 11.3 Å². The quantitative estimate of drug-likeness (QED) is 0.114. The summed E-state index contributed by atoms with van der Waals surface area (Å²) in [5.74, 6) is 0.463. The molecule has 2 aromatic heterocycles. The molecular formula is C32H32BrF2N5O3S2. The summed E-state index contributed by atoms with van der Waals surface area (Å²) in [4.78, 5) is 13.3. The van der Waals surface area contributed by atoms with Crippen LogP contribution in [0.1, 0.15) is 30.8 Å². The zero-order valence-electron chi connectivity index (χ0n) is 24.7. The van der Waals surface area contributed by atoms with Gasteiger partial charge >= 0.3 is 0 Å². The van der Waals surface area contributed by atoms with Crippen LogP contribution in [-0.2, 0) is 22.9 Å². The van der Waals surface area contributed by atoms with E-state index in [1.54, 1.807) is 38.1 Å². The Labute approximate surface area is 273 Å². The number of hydrogen-bond acceptors (Lipinski definition) is 9. The number of aromatic nitrogens is 3. The Balaban J connectivity index is 1.24. The summed E-state index contributed by atoms with van der Waals surface area (Å²) >= 11 is 5.00. The molecule has 0 aliphatic heterocycles. The van der Waals surface area contributed by atoms with Gasteiger partial charge in [0.05, 0.1) is 31.7 Å². The number of benzene rings is 3. The van der Waals surface area contributed by atoms with E-state index in [9.17, 15) is 12.8 Å². The van der Waals surface area contributed by atoms with E-state index in [2.05, 4.69) is 41.5 Å². The first-order valence-electron chi connectivity index (χ1n) is 14.3. The van der Waals surface area contributed by atoms with Crippen LogP contribution in [0.5, 0.6) is 5.75 Å². The summed E-state index contributed by atoms with van der Waals surface area (Å²) in [5, 5.41) is 9.42. The fourth-order valence-electron chi connectivity index (χ4n) is 4.48. The predicted octanol–water partition coefficient (Wildman–Crippen LogP) is 7.46. The topological polar surface area (TPSA) is 106 Å². The molecule has 0 unspecified atom stereocenters. The van der Waals surface area contributed by atoms with E-state index < -0.39 is 15.7 Å². The number of thiazole rings is 1. The van der Waals surface area contributed by atoms with Crippen molar-refractivity contribution >= 4 is 59.5 Å². The molecular weight excluding hydrogens is 684 g/mol. The minimum absolute atomic E-state index is 0.114. The van der Waals surface area contributed by atoms with Crippen molar-refractivity contribution < 1.29 is 21.9 Å². The van der Waals surface area contributed by atoms with E-state index >= 15 is 4.39 Å². The molecule has 0 amide bonds. The van der Waals surface area contributed by atoms with Gasteiger partial charge in [-0.2, -0.15) is 0 Å². The normalized spacial score (nSPS) is 11.8. The largest absolute Gasteiger partial charge is 0.488 e. The van der Waals surface area contributed by atoms with Gasteiger partial charge in [-0.05, 0) is 84.7 Å². The van der Waals surface area contributed by atoms with Crippen LogP contribution in [0.25, 0.3) is 22.2 Å². The molecule has 45 heavy (non-hydrogen) atoms. The Bertz CT molecular complexity index is 1900. The third-order valence-electron chi connectivity index (χ3n) is 7.06. The number of sulfone groups is 1. The first-order chi connectivity index (χ1) is 21.6. The van der Waals surface area contributed by atoms with Crippen molar-refractivity contribution in [2.45, 2.75) is 38.5 Å². The maximum absolute atomic E-state index is 15.2. The molecule has 3 aromatic carbocycles. The lowest BCUT2D eigenvalue weighted by Crippen LogP contribution is -2.28. The van der Waals surface area contributed by atoms with E-state index in [4.69, 9.17) is 4.74 Å². The van der Waals surface area contributed by atoms with Gasteiger partial charge in [0.1, 0.15) is 36.1 Å². The summed E-state index contributed by atoms with van der Waals surface area (Å²) in [6.45, 7) is 4.66. The van der Waals surface area contributed by atoms with Gasteiger partial charge in [-0.25, -0.2) is 32.2 Å². The maximum Gasteiger partial charge on any atom is 0.153 e. The zero-order valence-corrected chi connectivity index (χ0v) is 27.9. The highest BCUT2D eigenvalue weighted by molar-refractivity contribution is 9.10. The van der Waals surface area contributed by atoms with Crippen LogP contribution in [0.4, 0.5) is 20.3 Å². The van der Waals surface area contributed by atoms with Crippen LogP contribution in [0.2, 0.25) is 0 Å². The standard InChI is InChI=1S/C32H32BrF2N5O3S2/c1-20(2)45(41,42)12-11-36-10-4-7-31-40-29(18-44-31)24-15-25-28(16-27(24)35)37-19-38-32(25)39-23-8-9-30(26(33)14-23)43-17-21-5-3-6-22(34)13-21/h3,5-6,8-9,13-16,18-20,36H,4,7,10-12,17H2,1-2H3,(H,37,38,39). The molecule has 2 N–H and O–H groups in total. The van der Waals surface area contributed by atoms with Gasteiger partial charge in [0, 0.05) is 41.0 Å². The Kier molecular flexibility index (Phi) is 10.7. The first kappa shape index (κ1) is 32.9. The molecule has 8 nitrogen and oxygen atoms in total. The maximum atomic E-state index is 15.2. The number of aryl methyl sites for hydroxylation is 1. The summed E-state index contributed by atoms with van der Waals surface area (Å²) in [5.41, 5.74) is 2.77. The van der Waals surface area contributed by atoms with Gasteiger partial charge in [-0.1, -0.05) is 12.1 Å². The predicted molar refractivity (Wildman–Crippen MR) is 179 cm³/mol. The lowest BCUT2D eigenvalue weighted by atomic mass is 10.1. The van der Waals surface area contributed by atoms with Crippen molar-refractivity contribution in [3.05, 3.63) is 93.0 Å². The van der Waals surface area contributed by atoms with Crippen molar-refractivity contribution in [3.8, 4) is 17.0 Å². The van der Waals surface area contributed by atoms with Crippen LogP contribution >= 0.6 is 27.3 Å². The van der Waals surface area contributed by atoms with E-state index in [-0.39, 0.29) is 23.4 Å².